The summed E-state index contributed by atoms with van der Waals surface area (Å²) in [5.41, 5.74) is 7.15. The van der Waals surface area contributed by atoms with Gasteiger partial charge < -0.3 is 10.7 Å². The van der Waals surface area contributed by atoms with Crippen molar-refractivity contribution in [2.45, 2.75) is 0 Å². The number of pyridine rings is 1. The molecule has 0 saturated heterocycles. The zero-order chi connectivity index (χ0) is 8.72. The van der Waals surface area contributed by atoms with Crippen molar-refractivity contribution in [3.05, 3.63) is 22.7 Å². The van der Waals surface area contributed by atoms with Crippen molar-refractivity contribution in [1.82, 2.24) is 14.5 Å². The molecule has 3 N–H and O–H groups in total. The Kier molecular flexibility index (Phi) is 1.21. The second-order valence-electron chi connectivity index (χ2n) is 2.63. The molecule has 0 aromatic carbocycles. The summed E-state index contributed by atoms with van der Waals surface area (Å²) in [5.74, 6) is 0. The average molecular weight is 164 g/mol. The highest BCUT2D eigenvalue weighted by atomic mass is 16.1. The first-order valence-corrected chi connectivity index (χ1v) is 3.49. The van der Waals surface area contributed by atoms with Gasteiger partial charge in [-0.2, -0.15) is 0 Å². The minimum absolute atomic E-state index is 0.178. The fourth-order valence-corrected chi connectivity index (χ4v) is 1.13. The van der Waals surface area contributed by atoms with E-state index in [-0.39, 0.29) is 5.69 Å². The van der Waals surface area contributed by atoms with E-state index in [1.807, 2.05) is 0 Å². The largest absolute Gasteiger partial charge is 0.397 e. The Balaban J connectivity index is 2.96. The maximum Gasteiger partial charge on any atom is 0.327 e. The second-order valence-corrected chi connectivity index (χ2v) is 2.63. The third kappa shape index (κ3) is 0.795. The molecule has 62 valence electrons. The van der Waals surface area contributed by atoms with Crippen LogP contribution in [-0.4, -0.2) is 14.5 Å². The van der Waals surface area contributed by atoms with Gasteiger partial charge in [0.15, 0.2) is 5.65 Å². The quantitative estimate of drug-likeness (QED) is 0.568. The molecule has 0 aliphatic heterocycles. The number of nitrogens with zero attached hydrogens (tertiary/aromatic N) is 2. The van der Waals surface area contributed by atoms with Crippen LogP contribution in [0.15, 0.2) is 17.1 Å². The lowest BCUT2D eigenvalue weighted by Gasteiger charge is -1.92. The van der Waals surface area contributed by atoms with E-state index in [1.165, 1.54) is 10.8 Å². The first-order chi connectivity index (χ1) is 5.68. The van der Waals surface area contributed by atoms with Crippen molar-refractivity contribution in [1.29, 1.82) is 0 Å². The van der Waals surface area contributed by atoms with Crippen molar-refractivity contribution >= 4 is 16.9 Å². The highest BCUT2D eigenvalue weighted by Gasteiger charge is 2.02. The predicted octanol–water partition coefficient (Wildman–Crippen LogP) is -0.156. The molecular formula is C7H8N4O. The molecule has 0 saturated carbocycles. The molecule has 2 aromatic rings. The SMILES string of the molecule is Cn1c(=O)[nH]c2cc(N)cnc21. The average Bonchev–Trinajstić information content (AvgIpc) is 2.28. The van der Waals surface area contributed by atoms with Crippen LogP contribution in [-0.2, 0) is 7.05 Å². The molecule has 0 unspecified atom stereocenters. The molecule has 0 radical (unpaired) electrons. The van der Waals surface area contributed by atoms with E-state index in [1.54, 1.807) is 13.1 Å². The van der Waals surface area contributed by atoms with Gasteiger partial charge in [0.05, 0.1) is 17.4 Å². The minimum Gasteiger partial charge on any atom is -0.397 e. The van der Waals surface area contributed by atoms with Crippen LogP contribution >= 0.6 is 0 Å². The number of aryl methyl sites for hydroxylation is 1. The minimum atomic E-state index is -0.178. The van der Waals surface area contributed by atoms with Gasteiger partial charge in [0.2, 0.25) is 0 Å². The number of nitrogen functional groups attached to an aromatic ring is 1. The van der Waals surface area contributed by atoms with Gasteiger partial charge in [0.1, 0.15) is 0 Å². The Hall–Kier alpha value is -1.78. The van der Waals surface area contributed by atoms with Gasteiger partial charge >= 0.3 is 5.69 Å². The number of nitrogens with one attached hydrogen (secondary N) is 1. The smallest absolute Gasteiger partial charge is 0.327 e. The van der Waals surface area contributed by atoms with Gasteiger partial charge in [-0.25, -0.2) is 9.78 Å². The molecular weight excluding hydrogens is 156 g/mol. The number of nitrogens with two attached hydrogens (primary N) is 1. The molecule has 12 heavy (non-hydrogen) atoms. The van der Waals surface area contributed by atoms with Gasteiger partial charge in [-0.1, -0.05) is 0 Å². The Labute approximate surface area is 67.8 Å². The lowest BCUT2D eigenvalue weighted by atomic mass is 10.4. The predicted molar refractivity (Wildman–Crippen MR) is 45.7 cm³/mol. The number of imidazole rings is 1. The Bertz CT molecular complexity index is 482. The van der Waals surface area contributed by atoms with E-state index in [9.17, 15) is 4.79 Å². The number of aromatic amines is 1. The fourth-order valence-electron chi connectivity index (χ4n) is 1.13. The third-order valence-corrected chi connectivity index (χ3v) is 1.75. The highest BCUT2D eigenvalue weighted by Crippen LogP contribution is 2.08. The first-order valence-electron chi connectivity index (χ1n) is 3.49. The Morgan fingerprint density at radius 1 is 1.67 bits per heavy atom. The molecule has 2 heterocycles. The van der Waals surface area contributed by atoms with Crippen molar-refractivity contribution in [3.8, 4) is 0 Å². The molecule has 5 heteroatoms. The summed E-state index contributed by atoms with van der Waals surface area (Å²) in [5, 5.41) is 0. The number of hydrogen-bond acceptors (Lipinski definition) is 3. The summed E-state index contributed by atoms with van der Waals surface area (Å²) >= 11 is 0. The van der Waals surface area contributed by atoms with E-state index in [0.717, 1.165) is 0 Å². The molecule has 0 bridgehead atoms. The van der Waals surface area contributed by atoms with Crippen molar-refractivity contribution in [3.63, 3.8) is 0 Å². The standard InChI is InChI=1S/C7H8N4O/c1-11-6-5(10-7(11)12)2-4(8)3-9-6/h2-3H,8H2,1H3,(H,10,12). The lowest BCUT2D eigenvalue weighted by molar-refractivity contribution is 0.879. The van der Waals surface area contributed by atoms with Crippen LogP contribution in [0.1, 0.15) is 0 Å². The summed E-state index contributed by atoms with van der Waals surface area (Å²) in [4.78, 5) is 17.7. The highest BCUT2D eigenvalue weighted by molar-refractivity contribution is 5.73. The van der Waals surface area contributed by atoms with E-state index in [2.05, 4.69) is 9.97 Å². The molecule has 2 rings (SSSR count). The summed E-state index contributed by atoms with van der Waals surface area (Å²) in [6.07, 6.45) is 1.52. The van der Waals surface area contributed by atoms with E-state index in [0.29, 0.717) is 16.9 Å². The number of aromatic nitrogens is 3. The molecule has 5 nitrogen and oxygen atoms in total. The summed E-state index contributed by atoms with van der Waals surface area (Å²) in [6, 6.07) is 1.68. The Morgan fingerprint density at radius 3 is 3.17 bits per heavy atom. The Morgan fingerprint density at radius 2 is 2.42 bits per heavy atom. The number of hydrogen-bond donors (Lipinski definition) is 2. The number of fused-ring (bicyclic) bond motifs is 1. The fraction of sp³-hybridized carbons (Fsp3) is 0.143. The molecule has 0 aliphatic rings. The van der Waals surface area contributed by atoms with Crippen LogP contribution in [0.2, 0.25) is 0 Å². The van der Waals surface area contributed by atoms with Gasteiger partial charge in [-0.3, -0.25) is 4.57 Å². The molecule has 0 aliphatic carbocycles. The topological polar surface area (TPSA) is 76.7 Å². The normalized spacial score (nSPS) is 10.8. The van der Waals surface area contributed by atoms with Crippen molar-refractivity contribution < 1.29 is 0 Å². The summed E-state index contributed by atoms with van der Waals surface area (Å²) in [6.45, 7) is 0. The van der Waals surface area contributed by atoms with Gasteiger partial charge in [0, 0.05) is 7.05 Å². The van der Waals surface area contributed by atoms with Crippen LogP contribution < -0.4 is 11.4 Å². The zero-order valence-corrected chi connectivity index (χ0v) is 6.53. The summed E-state index contributed by atoms with van der Waals surface area (Å²) < 4.78 is 1.44. The number of H-pyrrole nitrogens is 1. The van der Waals surface area contributed by atoms with Crippen LogP contribution in [0.3, 0.4) is 0 Å². The molecule has 0 atom stereocenters. The third-order valence-electron chi connectivity index (χ3n) is 1.75. The van der Waals surface area contributed by atoms with Crippen molar-refractivity contribution in [2.24, 2.45) is 7.05 Å². The molecule has 2 aromatic heterocycles. The lowest BCUT2D eigenvalue weighted by Crippen LogP contribution is -2.12. The summed E-state index contributed by atoms with van der Waals surface area (Å²) in [7, 11) is 1.66. The van der Waals surface area contributed by atoms with Crippen LogP contribution in [0.5, 0.6) is 0 Å². The molecule has 0 spiro atoms. The van der Waals surface area contributed by atoms with E-state index >= 15 is 0 Å². The number of anilines is 1. The van der Waals surface area contributed by atoms with E-state index in [4.69, 9.17) is 5.73 Å². The van der Waals surface area contributed by atoms with E-state index < -0.39 is 0 Å². The van der Waals surface area contributed by atoms with Crippen LogP contribution in [0, 0.1) is 0 Å². The molecule has 0 fully saturated rings. The zero-order valence-electron chi connectivity index (χ0n) is 6.53. The van der Waals surface area contributed by atoms with Gasteiger partial charge in [-0.15, -0.1) is 0 Å². The van der Waals surface area contributed by atoms with Gasteiger partial charge in [0.25, 0.3) is 0 Å². The maximum atomic E-state index is 11.1. The van der Waals surface area contributed by atoms with Crippen LogP contribution in [0.25, 0.3) is 11.2 Å². The maximum absolute atomic E-state index is 11.1. The van der Waals surface area contributed by atoms with Crippen molar-refractivity contribution in [2.75, 3.05) is 5.73 Å². The van der Waals surface area contributed by atoms with Crippen LogP contribution in [0.4, 0.5) is 5.69 Å². The molecule has 0 amide bonds. The number of rotatable bonds is 0. The van der Waals surface area contributed by atoms with Gasteiger partial charge in [-0.05, 0) is 6.07 Å². The first kappa shape index (κ1) is 6.90. The second kappa shape index (κ2) is 2.10. The monoisotopic (exact) mass is 164 g/mol.